The van der Waals surface area contributed by atoms with E-state index < -0.39 is 12.2 Å². The number of ether oxygens (including phenoxy) is 1. The Kier molecular flexibility index (Phi) is 56.9. The van der Waals surface area contributed by atoms with Gasteiger partial charge in [0.25, 0.3) is 5.91 Å². The second-order valence-corrected chi connectivity index (χ2v) is 9.47. The van der Waals surface area contributed by atoms with Gasteiger partial charge in [0.05, 0.1) is 12.7 Å². The molecule has 51 heavy (non-hydrogen) atoms. The fourth-order valence-electron chi connectivity index (χ4n) is 3.24. The molecule has 8 nitrogen and oxygen atoms in total. The molecule has 2 aromatic rings. The zero-order valence-corrected chi connectivity index (χ0v) is 35.7. The SMILES string of the molecule is C=C/C=C\C=C(/C)Cl.CC.CC.CC.CC.CC.CCCN(CC)C(=O)[C@H](O)[C@H](C)O.CCCOc1ncccc1-c1ccc(CNC=O)cc1. The van der Waals surface area contributed by atoms with Crippen LogP contribution in [0.4, 0.5) is 0 Å². The van der Waals surface area contributed by atoms with Crippen molar-refractivity contribution in [3.63, 3.8) is 0 Å². The molecule has 1 aromatic carbocycles. The first-order valence-electron chi connectivity index (χ1n) is 18.8. The lowest BCUT2D eigenvalue weighted by molar-refractivity contribution is -0.145. The van der Waals surface area contributed by atoms with Crippen molar-refractivity contribution in [2.45, 2.75) is 135 Å². The molecule has 2 atom stereocenters. The highest BCUT2D eigenvalue weighted by atomic mass is 35.5. The number of hydrogen-bond acceptors (Lipinski definition) is 6. The standard InChI is InChI=1S/C16H18N2O2.C9H19NO3.C7H9Cl.5C2H6/c1-2-10-20-16-15(4-3-9-18-16)14-7-5-13(6-8-14)11-17-12-19;1-4-6-10(5-2)9(13)8(12)7(3)11;1-3-4-5-6-7(2)8;5*1-2/h3-9,12H,2,10-11H2,1H3,(H,17,19);7-8,11-12H,4-6H2,1-3H3;3-6H,1H2,2H3;5*1-2H3/b;;5-4-,7-6+;;;;;/t;7-,8+;;;;;;/m.0....../s1. The fourth-order valence-corrected chi connectivity index (χ4v) is 3.31. The van der Waals surface area contributed by atoms with Gasteiger partial charge in [-0.15, -0.1) is 0 Å². The van der Waals surface area contributed by atoms with Crippen LogP contribution in [0.5, 0.6) is 5.88 Å². The highest BCUT2D eigenvalue weighted by Gasteiger charge is 2.24. The Hall–Kier alpha value is -3.46. The zero-order valence-electron chi connectivity index (χ0n) is 34.9. The molecule has 296 valence electrons. The Morgan fingerprint density at radius 1 is 0.941 bits per heavy atom. The van der Waals surface area contributed by atoms with E-state index in [1.165, 1.54) is 11.8 Å². The molecule has 0 unspecified atom stereocenters. The molecule has 1 heterocycles. The zero-order chi connectivity index (χ0) is 41.0. The first kappa shape index (κ1) is 59.7. The van der Waals surface area contributed by atoms with Crippen LogP contribution in [0.1, 0.15) is 122 Å². The Morgan fingerprint density at radius 3 is 1.90 bits per heavy atom. The molecular formula is C42H76ClN3O5. The molecule has 0 aliphatic rings. The number of nitrogens with one attached hydrogen (secondary N) is 1. The lowest BCUT2D eigenvalue weighted by Crippen LogP contribution is -2.44. The van der Waals surface area contributed by atoms with Crippen LogP contribution in [0, 0.1) is 0 Å². The van der Waals surface area contributed by atoms with Crippen molar-refractivity contribution < 1.29 is 24.5 Å². The number of aliphatic hydroxyl groups excluding tert-OH is 2. The average Bonchev–Trinajstić information content (AvgIpc) is 3.19. The molecule has 0 aliphatic heterocycles. The molecule has 1 aromatic heterocycles. The van der Waals surface area contributed by atoms with Crippen molar-refractivity contribution in [1.29, 1.82) is 0 Å². The van der Waals surface area contributed by atoms with Crippen LogP contribution in [-0.2, 0) is 16.1 Å². The number of amides is 2. The second-order valence-electron chi connectivity index (χ2n) is 8.88. The number of aliphatic hydroxyl groups is 2. The van der Waals surface area contributed by atoms with Gasteiger partial charge in [0.15, 0.2) is 6.10 Å². The van der Waals surface area contributed by atoms with Crippen LogP contribution in [0.15, 0.2) is 78.5 Å². The highest BCUT2D eigenvalue weighted by molar-refractivity contribution is 6.29. The van der Waals surface area contributed by atoms with Gasteiger partial charge in [0, 0.05) is 36.4 Å². The van der Waals surface area contributed by atoms with E-state index in [1.807, 2.05) is 145 Å². The van der Waals surface area contributed by atoms with Crippen molar-refractivity contribution in [3.8, 4) is 17.0 Å². The fraction of sp³-hybridized carbons (Fsp3) is 0.548. The maximum Gasteiger partial charge on any atom is 0.254 e. The van der Waals surface area contributed by atoms with Crippen molar-refractivity contribution in [3.05, 3.63) is 84.1 Å². The van der Waals surface area contributed by atoms with Crippen LogP contribution in [0.25, 0.3) is 11.1 Å². The van der Waals surface area contributed by atoms with Gasteiger partial charge in [-0.2, -0.15) is 0 Å². The summed E-state index contributed by atoms with van der Waals surface area (Å²) < 4.78 is 5.67. The van der Waals surface area contributed by atoms with Gasteiger partial charge in [0.2, 0.25) is 12.3 Å². The van der Waals surface area contributed by atoms with Gasteiger partial charge >= 0.3 is 0 Å². The first-order chi connectivity index (χ1) is 24.7. The van der Waals surface area contributed by atoms with E-state index in [2.05, 4.69) is 23.8 Å². The number of pyridine rings is 1. The summed E-state index contributed by atoms with van der Waals surface area (Å²) in [5.41, 5.74) is 3.09. The maximum absolute atomic E-state index is 11.4. The summed E-state index contributed by atoms with van der Waals surface area (Å²) in [6.07, 6.45) is 9.13. The minimum atomic E-state index is -1.29. The molecule has 3 N–H and O–H groups in total. The summed E-state index contributed by atoms with van der Waals surface area (Å²) in [7, 11) is 0. The Balaban J connectivity index is -0.000000142. The van der Waals surface area contributed by atoms with E-state index in [9.17, 15) is 14.7 Å². The van der Waals surface area contributed by atoms with Crippen LogP contribution in [0.2, 0.25) is 0 Å². The Bertz CT molecular complexity index is 1070. The number of benzene rings is 1. The van der Waals surface area contributed by atoms with E-state index in [1.54, 1.807) is 12.3 Å². The Labute approximate surface area is 319 Å². The number of nitrogens with zero attached hydrogens (tertiary/aromatic N) is 2. The average molecular weight is 739 g/mol. The molecule has 0 radical (unpaired) electrons. The van der Waals surface area contributed by atoms with Gasteiger partial charge < -0.3 is 25.2 Å². The number of halogens is 1. The van der Waals surface area contributed by atoms with Gasteiger partial charge in [-0.25, -0.2) is 4.98 Å². The quantitative estimate of drug-likeness (QED) is 0.131. The summed E-state index contributed by atoms with van der Waals surface area (Å²) >= 11 is 5.49. The topological polar surface area (TPSA) is 112 Å². The van der Waals surface area contributed by atoms with Crippen molar-refractivity contribution in [1.82, 2.24) is 15.2 Å². The van der Waals surface area contributed by atoms with Crippen LogP contribution in [-0.4, -0.2) is 64.3 Å². The van der Waals surface area contributed by atoms with E-state index >= 15 is 0 Å². The molecular weight excluding hydrogens is 662 g/mol. The first-order valence-corrected chi connectivity index (χ1v) is 19.1. The predicted molar refractivity (Wildman–Crippen MR) is 224 cm³/mol. The molecule has 0 saturated carbocycles. The molecule has 9 heteroatoms. The monoisotopic (exact) mass is 738 g/mol. The van der Waals surface area contributed by atoms with Gasteiger partial charge in [-0.05, 0) is 62.9 Å². The summed E-state index contributed by atoms with van der Waals surface area (Å²) in [6.45, 7) is 35.0. The minimum Gasteiger partial charge on any atom is -0.477 e. The molecule has 0 aliphatic carbocycles. The molecule has 2 rings (SSSR count). The van der Waals surface area contributed by atoms with Crippen LogP contribution >= 0.6 is 11.6 Å². The van der Waals surface area contributed by atoms with Crippen molar-refractivity contribution in [2.24, 2.45) is 0 Å². The third-order valence-electron chi connectivity index (χ3n) is 5.34. The maximum atomic E-state index is 11.4. The van der Waals surface area contributed by atoms with Crippen molar-refractivity contribution in [2.75, 3.05) is 19.7 Å². The number of rotatable bonds is 14. The predicted octanol–water partition coefficient (Wildman–Crippen LogP) is 10.8. The summed E-state index contributed by atoms with van der Waals surface area (Å²) in [4.78, 5) is 27.5. The van der Waals surface area contributed by atoms with Gasteiger partial charge in [-0.1, -0.05) is 144 Å². The van der Waals surface area contributed by atoms with E-state index in [4.69, 9.17) is 21.4 Å². The van der Waals surface area contributed by atoms with E-state index in [-0.39, 0.29) is 5.91 Å². The van der Waals surface area contributed by atoms with Crippen molar-refractivity contribution >= 4 is 23.9 Å². The number of allylic oxidation sites excluding steroid dienone is 5. The molecule has 0 fully saturated rings. The smallest absolute Gasteiger partial charge is 0.254 e. The second kappa shape index (κ2) is 48.7. The lowest BCUT2D eigenvalue weighted by Gasteiger charge is -2.24. The highest BCUT2D eigenvalue weighted by Crippen LogP contribution is 2.28. The molecule has 0 saturated heterocycles. The van der Waals surface area contributed by atoms with E-state index in [0.717, 1.165) is 34.6 Å². The summed E-state index contributed by atoms with van der Waals surface area (Å²) in [5.74, 6) is 0.271. The summed E-state index contributed by atoms with van der Waals surface area (Å²) in [5, 5.41) is 21.7. The number of carbonyl (C=O) groups excluding carboxylic acids is 2. The lowest BCUT2D eigenvalue weighted by atomic mass is 10.1. The largest absolute Gasteiger partial charge is 0.477 e. The third kappa shape index (κ3) is 34.8. The Morgan fingerprint density at radius 2 is 1.49 bits per heavy atom. The minimum absolute atomic E-state index is 0.389. The summed E-state index contributed by atoms with van der Waals surface area (Å²) in [6, 6.07) is 11.9. The normalized spacial score (nSPS) is 10.4. The van der Waals surface area contributed by atoms with Gasteiger partial charge in [-0.3, -0.25) is 9.59 Å². The number of carbonyl (C=O) groups is 2. The van der Waals surface area contributed by atoms with Gasteiger partial charge in [0.1, 0.15) is 0 Å². The third-order valence-corrected chi connectivity index (χ3v) is 5.46. The van der Waals surface area contributed by atoms with E-state index in [0.29, 0.717) is 38.5 Å². The van der Waals surface area contributed by atoms with Crippen LogP contribution in [0.3, 0.4) is 0 Å². The molecule has 0 bridgehead atoms. The molecule has 2 amide bonds. The van der Waals surface area contributed by atoms with Crippen LogP contribution < -0.4 is 10.1 Å². The number of hydrogen-bond donors (Lipinski definition) is 3. The number of likely N-dealkylation sites (N-methyl/N-ethyl adjacent to an activating group) is 1. The molecule has 0 spiro atoms. The number of aromatic nitrogens is 1.